The van der Waals surface area contributed by atoms with Crippen LogP contribution in [0.1, 0.15) is 51.1 Å². The first-order valence-electron chi connectivity index (χ1n) is 7.68. The summed E-state index contributed by atoms with van der Waals surface area (Å²) in [6, 6.07) is 0. The molecule has 0 saturated heterocycles. The summed E-state index contributed by atoms with van der Waals surface area (Å²) >= 11 is 0. The van der Waals surface area contributed by atoms with Crippen molar-refractivity contribution >= 4 is 6.08 Å². The highest BCUT2D eigenvalue weighted by Gasteiger charge is 2.17. The molecule has 0 amide bonds. The van der Waals surface area contributed by atoms with Crippen molar-refractivity contribution in [3.8, 4) is 0 Å². The lowest BCUT2D eigenvalue weighted by Crippen LogP contribution is -2.23. The summed E-state index contributed by atoms with van der Waals surface area (Å²) in [5, 5.41) is 3.57. The van der Waals surface area contributed by atoms with Gasteiger partial charge >= 0.3 is 0 Å². The highest BCUT2D eigenvalue weighted by molar-refractivity contribution is 5.49. The van der Waals surface area contributed by atoms with Crippen molar-refractivity contribution in [1.82, 2.24) is 14.9 Å². The van der Waals surface area contributed by atoms with Crippen molar-refractivity contribution in [2.24, 2.45) is 13.0 Å². The molecule has 1 aromatic heterocycles. The zero-order valence-corrected chi connectivity index (χ0v) is 12.4. The molecule has 2 rings (SSSR count). The van der Waals surface area contributed by atoms with E-state index >= 15 is 0 Å². The van der Waals surface area contributed by atoms with Crippen LogP contribution in [0.3, 0.4) is 0 Å². The van der Waals surface area contributed by atoms with E-state index in [2.05, 4.69) is 34.9 Å². The third kappa shape index (κ3) is 4.20. The number of aromatic nitrogens is 2. The molecule has 0 bridgehead atoms. The Labute approximate surface area is 117 Å². The third-order valence-electron chi connectivity index (χ3n) is 4.07. The van der Waals surface area contributed by atoms with E-state index in [0.717, 1.165) is 19.0 Å². The summed E-state index contributed by atoms with van der Waals surface area (Å²) in [5.41, 5.74) is 2.79. The van der Waals surface area contributed by atoms with Gasteiger partial charge in [0.05, 0.1) is 18.2 Å². The molecule has 0 radical (unpaired) electrons. The molecule has 19 heavy (non-hydrogen) atoms. The van der Waals surface area contributed by atoms with Gasteiger partial charge < -0.3 is 9.88 Å². The number of imidazole rings is 1. The Bertz CT molecular complexity index is 400. The van der Waals surface area contributed by atoms with E-state index in [9.17, 15) is 0 Å². The number of rotatable bonds is 6. The predicted molar refractivity (Wildman–Crippen MR) is 80.9 cm³/mol. The van der Waals surface area contributed by atoms with Crippen molar-refractivity contribution in [3.63, 3.8) is 0 Å². The van der Waals surface area contributed by atoms with Gasteiger partial charge in [0.2, 0.25) is 0 Å². The van der Waals surface area contributed by atoms with Gasteiger partial charge in [-0.05, 0) is 37.8 Å². The third-order valence-corrected chi connectivity index (χ3v) is 4.07. The topological polar surface area (TPSA) is 29.9 Å². The molecule has 0 atom stereocenters. The summed E-state index contributed by atoms with van der Waals surface area (Å²) in [6.07, 6.45) is 14.3. The van der Waals surface area contributed by atoms with E-state index in [1.165, 1.54) is 44.2 Å². The monoisotopic (exact) mass is 261 g/mol. The molecule has 0 aliphatic heterocycles. The number of nitrogens with zero attached hydrogens (tertiary/aromatic N) is 2. The maximum absolute atomic E-state index is 4.21. The highest BCUT2D eigenvalue weighted by atomic mass is 15.0. The molecule has 3 nitrogen and oxygen atoms in total. The van der Waals surface area contributed by atoms with Gasteiger partial charge in [0.15, 0.2) is 0 Å². The smallest absolute Gasteiger partial charge is 0.0948 e. The molecule has 1 heterocycles. The van der Waals surface area contributed by atoms with E-state index < -0.39 is 0 Å². The van der Waals surface area contributed by atoms with Gasteiger partial charge in [-0.2, -0.15) is 0 Å². The largest absolute Gasteiger partial charge is 0.334 e. The zero-order valence-electron chi connectivity index (χ0n) is 12.4. The molecule has 3 heteroatoms. The average molecular weight is 261 g/mol. The van der Waals surface area contributed by atoms with Crippen molar-refractivity contribution in [3.05, 3.63) is 23.8 Å². The molecular weight excluding hydrogens is 234 g/mol. The first-order chi connectivity index (χ1) is 9.31. The molecule has 1 aliphatic carbocycles. The fourth-order valence-electron chi connectivity index (χ4n) is 2.89. The number of nitrogens with one attached hydrogen (secondary N) is 1. The maximum Gasteiger partial charge on any atom is 0.0948 e. The van der Waals surface area contributed by atoms with Crippen LogP contribution in [0.25, 0.3) is 6.08 Å². The van der Waals surface area contributed by atoms with Gasteiger partial charge in [0, 0.05) is 13.6 Å². The summed E-state index contributed by atoms with van der Waals surface area (Å²) in [6.45, 7) is 4.36. The van der Waals surface area contributed by atoms with Crippen LogP contribution in [-0.2, 0) is 7.05 Å². The lowest BCUT2D eigenvalue weighted by Gasteiger charge is -2.25. The molecule has 1 aromatic rings. The SMILES string of the molecule is CCCNCC(=Cc1cncn1C)C1CCCCC1. The average Bonchev–Trinajstić information content (AvgIpc) is 2.84. The van der Waals surface area contributed by atoms with Crippen LogP contribution in [0.4, 0.5) is 0 Å². The van der Waals surface area contributed by atoms with E-state index in [4.69, 9.17) is 0 Å². The van der Waals surface area contributed by atoms with Gasteiger partial charge in [-0.1, -0.05) is 31.8 Å². The Hall–Kier alpha value is -1.09. The normalized spacial score (nSPS) is 17.9. The van der Waals surface area contributed by atoms with Crippen molar-refractivity contribution < 1.29 is 0 Å². The Balaban J connectivity index is 2.08. The summed E-state index contributed by atoms with van der Waals surface area (Å²) < 4.78 is 2.10. The van der Waals surface area contributed by atoms with Gasteiger partial charge in [-0.3, -0.25) is 0 Å². The lowest BCUT2D eigenvalue weighted by atomic mass is 9.83. The highest BCUT2D eigenvalue weighted by Crippen LogP contribution is 2.30. The Morgan fingerprint density at radius 3 is 2.84 bits per heavy atom. The molecule has 1 N–H and O–H groups in total. The molecule has 1 fully saturated rings. The van der Waals surface area contributed by atoms with Crippen LogP contribution in [-0.4, -0.2) is 22.6 Å². The maximum atomic E-state index is 4.21. The quantitative estimate of drug-likeness (QED) is 0.796. The van der Waals surface area contributed by atoms with Crippen molar-refractivity contribution in [2.45, 2.75) is 45.4 Å². The minimum absolute atomic E-state index is 0.771. The molecule has 106 valence electrons. The molecule has 0 unspecified atom stereocenters. The van der Waals surface area contributed by atoms with E-state index in [-0.39, 0.29) is 0 Å². The first-order valence-corrected chi connectivity index (χ1v) is 7.68. The van der Waals surface area contributed by atoms with Gasteiger partial charge in [0.25, 0.3) is 0 Å². The second-order valence-corrected chi connectivity index (χ2v) is 5.66. The fourth-order valence-corrected chi connectivity index (χ4v) is 2.89. The van der Waals surface area contributed by atoms with Crippen LogP contribution in [0.15, 0.2) is 18.1 Å². The van der Waals surface area contributed by atoms with Gasteiger partial charge in [-0.25, -0.2) is 4.98 Å². The van der Waals surface area contributed by atoms with E-state index in [1.54, 1.807) is 5.57 Å². The summed E-state index contributed by atoms with van der Waals surface area (Å²) in [7, 11) is 2.07. The predicted octanol–water partition coefficient (Wildman–Crippen LogP) is 3.38. The first kappa shape index (κ1) is 14.3. The summed E-state index contributed by atoms with van der Waals surface area (Å²) in [5.74, 6) is 0.771. The number of hydrogen-bond donors (Lipinski definition) is 1. The van der Waals surface area contributed by atoms with Gasteiger partial charge in [-0.15, -0.1) is 0 Å². The zero-order chi connectivity index (χ0) is 13.5. The Morgan fingerprint density at radius 2 is 2.21 bits per heavy atom. The van der Waals surface area contributed by atoms with Crippen LogP contribution in [0.5, 0.6) is 0 Å². The van der Waals surface area contributed by atoms with E-state index in [0.29, 0.717) is 0 Å². The minimum atomic E-state index is 0.771. The second-order valence-electron chi connectivity index (χ2n) is 5.66. The van der Waals surface area contributed by atoms with Gasteiger partial charge in [0.1, 0.15) is 0 Å². The second kappa shape index (κ2) is 7.49. The fraction of sp³-hybridized carbons (Fsp3) is 0.688. The molecule has 1 aliphatic rings. The molecule has 0 aromatic carbocycles. The molecule has 1 saturated carbocycles. The van der Waals surface area contributed by atoms with Crippen LogP contribution in [0, 0.1) is 5.92 Å². The number of aryl methyl sites for hydroxylation is 1. The minimum Gasteiger partial charge on any atom is -0.334 e. The van der Waals surface area contributed by atoms with Crippen molar-refractivity contribution in [1.29, 1.82) is 0 Å². The Kier molecular flexibility index (Phi) is 5.64. The molecule has 0 spiro atoms. The number of hydrogen-bond acceptors (Lipinski definition) is 2. The summed E-state index contributed by atoms with van der Waals surface area (Å²) in [4.78, 5) is 4.21. The van der Waals surface area contributed by atoms with Crippen LogP contribution < -0.4 is 5.32 Å². The van der Waals surface area contributed by atoms with Crippen LogP contribution >= 0.6 is 0 Å². The molecular formula is C16H27N3. The standard InChI is InChI=1S/C16H27N3/c1-3-9-17-11-15(14-7-5-4-6-8-14)10-16-12-18-13-19(16)2/h10,12-14,17H,3-9,11H2,1-2H3. The Morgan fingerprint density at radius 1 is 1.42 bits per heavy atom. The van der Waals surface area contributed by atoms with E-state index in [1.807, 2.05) is 12.5 Å². The lowest BCUT2D eigenvalue weighted by molar-refractivity contribution is 0.396. The van der Waals surface area contributed by atoms with Crippen molar-refractivity contribution in [2.75, 3.05) is 13.1 Å². The van der Waals surface area contributed by atoms with Crippen LogP contribution in [0.2, 0.25) is 0 Å².